The summed E-state index contributed by atoms with van der Waals surface area (Å²) < 4.78 is 32.5. The minimum atomic E-state index is -3.89. The highest BCUT2D eigenvalue weighted by molar-refractivity contribution is 7.89. The van der Waals surface area contributed by atoms with Crippen molar-refractivity contribution in [1.82, 2.24) is 9.62 Å². The van der Waals surface area contributed by atoms with Gasteiger partial charge < -0.3 is 10.1 Å². The number of hydrogen-bond acceptors (Lipinski definition) is 4. The third-order valence-corrected chi connectivity index (χ3v) is 6.28. The molecular formula is C20H25ClN2O4S. The maximum Gasteiger partial charge on any atom is 0.243 e. The first-order valence-electron chi connectivity index (χ1n) is 8.82. The molecule has 1 N–H and O–H groups in total. The standard InChI is InChI=1S/C20H25ClN2O4S/c1-15-8-10-18(11-9-15)28(25,26)23(12-17-6-4-5-7-19(17)21)13-20(24)22-16(2)14-27-3/h4-11,16H,12-14H2,1-3H3,(H,22,24)/t16-/m0/s1. The van der Waals surface area contributed by atoms with Crippen LogP contribution in [0, 0.1) is 6.92 Å². The Morgan fingerprint density at radius 1 is 1.18 bits per heavy atom. The van der Waals surface area contributed by atoms with Crippen LogP contribution < -0.4 is 5.32 Å². The minimum Gasteiger partial charge on any atom is -0.383 e. The van der Waals surface area contributed by atoms with E-state index in [2.05, 4.69) is 5.32 Å². The second-order valence-electron chi connectivity index (χ2n) is 6.60. The van der Waals surface area contributed by atoms with Crippen molar-refractivity contribution in [3.8, 4) is 0 Å². The molecule has 0 bridgehead atoms. The van der Waals surface area contributed by atoms with Gasteiger partial charge in [0.05, 0.1) is 18.0 Å². The van der Waals surface area contributed by atoms with E-state index in [9.17, 15) is 13.2 Å². The normalized spacial score (nSPS) is 12.8. The summed E-state index contributed by atoms with van der Waals surface area (Å²) in [6.07, 6.45) is 0. The Labute approximate surface area is 171 Å². The molecule has 152 valence electrons. The molecule has 0 radical (unpaired) electrons. The summed E-state index contributed by atoms with van der Waals surface area (Å²) in [6.45, 7) is 3.66. The van der Waals surface area contributed by atoms with Gasteiger partial charge in [-0.1, -0.05) is 47.5 Å². The zero-order valence-electron chi connectivity index (χ0n) is 16.2. The van der Waals surface area contributed by atoms with Crippen LogP contribution in [-0.2, 0) is 26.1 Å². The monoisotopic (exact) mass is 424 g/mol. The number of nitrogens with one attached hydrogen (secondary N) is 1. The Kier molecular flexibility index (Phi) is 8.00. The van der Waals surface area contributed by atoms with Gasteiger partial charge in [-0.15, -0.1) is 0 Å². The number of carbonyl (C=O) groups is 1. The van der Waals surface area contributed by atoms with Gasteiger partial charge in [0.1, 0.15) is 0 Å². The number of ether oxygens (including phenoxy) is 1. The number of amides is 1. The zero-order chi connectivity index (χ0) is 20.7. The van der Waals surface area contributed by atoms with Crippen LogP contribution in [-0.4, -0.2) is 44.9 Å². The first-order valence-corrected chi connectivity index (χ1v) is 10.6. The average Bonchev–Trinajstić information content (AvgIpc) is 2.63. The number of nitrogens with zero attached hydrogens (tertiary/aromatic N) is 1. The van der Waals surface area contributed by atoms with E-state index in [0.29, 0.717) is 17.2 Å². The molecule has 2 rings (SSSR count). The number of carbonyl (C=O) groups excluding carboxylic acids is 1. The zero-order valence-corrected chi connectivity index (χ0v) is 17.8. The molecule has 2 aromatic carbocycles. The molecule has 8 heteroatoms. The van der Waals surface area contributed by atoms with E-state index in [-0.39, 0.29) is 24.0 Å². The maximum atomic E-state index is 13.2. The number of sulfonamides is 1. The molecule has 2 aromatic rings. The lowest BCUT2D eigenvalue weighted by atomic mass is 10.2. The van der Waals surface area contributed by atoms with Gasteiger partial charge in [0.25, 0.3) is 0 Å². The van der Waals surface area contributed by atoms with Gasteiger partial charge in [-0.2, -0.15) is 4.31 Å². The molecule has 6 nitrogen and oxygen atoms in total. The highest BCUT2D eigenvalue weighted by Crippen LogP contribution is 2.22. The largest absolute Gasteiger partial charge is 0.383 e. The molecule has 0 saturated carbocycles. The summed E-state index contributed by atoms with van der Waals surface area (Å²) in [7, 11) is -2.36. The molecule has 0 saturated heterocycles. The number of rotatable bonds is 9. The van der Waals surface area contributed by atoms with E-state index in [0.717, 1.165) is 9.87 Å². The summed E-state index contributed by atoms with van der Waals surface area (Å²) in [6, 6.07) is 13.3. The van der Waals surface area contributed by atoms with Crippen LogP contribution in [0.15, 0.2) is 53.4 Å². The predicted octanol–water partition coefficient (Wildman–Crippen LogP) is 2.99. The molecule has 0 spiro atoms. The number of hydrogen-bond donors (Lipinski definition) is 1. The summed E-state index contributed by atoms with van der Waals surface area (Å²) in [5.74, 6) is -0.410. The van der Waals surface area contributed by atoms with E-state index in [1.54, 1.807) is 43.3 Å². The average molecular weight is 425 g/mol. The van der Waals surface area contributed by atoms with E-state index >= 15 is 0 Å². The number of aryl methyl sites for hydroxylation is 1. The Hall–Kier alpha value is -1.93. The first kappa shape index (κ1) is 22.4. The second-order valence-corrected chi connectivity index (χ2v) is 8.95. The van der Waals surface area contributed by atoms with Crippen LogP contribution in [0.4, 0.5) is 0 Å². The van der Waals surface area contributed by atoms with Crippen molar-refractivity contribution in [3.05, 3.63) is 64.7 Å². The molecule has 0 aliphatic heterocycles. The van der Waals surface area contributed by atoms with Gasteiger partial charge in [-0.25, -0.2) is 8.42 Å². The van der Waals surface area contributed by atoms with Crippen molar-refractivity contribution in [2.24, 2.45) is 0 Å². The van der Waals surface area contributed by atoms with Gasteiger partial charge in [-0.05, 0) is 37.6 Å². The fourth-order valence-corrected chi connectivity index (χ4v) is 4.24. The topological polar surface area (TPSA) is 75.7 Å². The van der Waals surface area contributed by atoms with Crippen molar-refractivity contribution in [1.29, 1.82) is 0 Å². The van der Waals surface area contributed by atoms with Crippen molar-refractivity contribution < 1.29 is 17.9 Å². The van der Waals surface area contributed by atoms with Crippen molar-refractivity contribution in [2.75, 3.05) is 20.3 Å². The summed E-state index contributed by atoms with van der Waals surface area (Å²) in [5.41, 5.74) is 1.57. The Morgan fingerprint density at radius 3 is 2.43 bits per heavy atom. The predicted molar refractivity (Wildman–Crippen MR) is 110 cm³/mol. The third-order valence-electron chi connectivity index (χ3n) is 4.11. The van der Waals surface area contributed by atoms with E-state index in [1.165, 1.54) is 19.2 Å². The molecule has 28 heavy (non-hydrogen) atoms. The second kappa shape index (κ2) is 10.0. The Morgan fingerprint density at radius 2 is 1.82 bits per heavy atom. The number of halogens is 1. The molecule has 0 fully saturated rings. The quantitative estimate of drug-likeness (QED) is 0.671. The molecular weight excluding hydrogens is 400 g/mol. The van der Waals surface area contributed by atoms with E-state index < -0.39 is 15.9 Å². The highest BCUT2D eigenvalue weighted by Gasteiger charge is 2.27. The van der Waals surface area contributed by atoms with Gasteiger partial charge in [0.2, 0.25) is 15.9 Å². The van der Waals surface area contributed by atoms with Crippen molar-refractivity contribution in [3.63, 3.8) is 0 Å². The molecule has 1 amide bonds. The van der Waals surface area contributed by atoms with Crippen LogP contribution in [0.25, 0.3) is 0 Å². The van der Waals surface area contributed by atoms with Crippen LogP contribution in [0.5, 0.6) is 0 Å². The summed E-state index contributed by atoms with van der Waals surface area (Å²) in [4.78, 5) is 12.6. The fraction of sp³-hybridized carbons (Fsp3) is 0.350. The maximum absolute atomic E-state index is 13.2. The molecule has 0 aliphatic rings. The summed E-state index contributed by atoms with van der Waals surface area (Å²) in [5, 5.41) is 3.19. The van der Waals surface area contributed by atoms with Crippen LogP contribution in [0.3, 0.4) is 0 Å². The van der Waals surface area contributed by atoms with Crippen molar-refractivity contribution >= 4 is 27.5 Å². The molecule has 1 atom stereocenters. The van der Waals surface area contributed by atoms with Gasteiger partial charge in [0, 0.05) is 24.7 Å². The van der Waals surface area contributed by atoms with Gasteiger partial charge >= 0.3 is 0 Å². The molecule has 0 aliphatic carbocycles. The SMILES string of the molecule is COC[C@H](C)NC(=O)CN(Cc1ccccc1Cl)S(=O)(=O)c1ccc(C)cc1. The lowest BCUT2D eigenvalue weighted by Crippen LogP contribution is -2.44. The summed E-state index contributed by atoms with van der Waals surface area (Å²) >= 11 is 6.21. The first-order chi connectivity index (χ1) is 13.2. The third kappa shape index (κ3) is 6.04. The van der Waals surface area contributed by atoms with E-state index in [1.807, 2.05) is 6.92 Å². The van der Waals surface area contributed by atoms with Crippen LogP contribution in [0.2, 0.25) is 5.02 Å². The Bertz CT molecular complexity index is 901. The van der Waals surface area contributed by atoms with Crippen molar-refractivity contribution in [2.45, 2.75) is 31.3 Å². The minimum absolute atomic E-state index is 0.0119. The lowest BCUT2D eigenvalue weighted by Gasteiger charge is -2.23. The fourth-order valence-electron chi connectivity index (χ4n) is 2.67. The van der Waals surface area contributed by atoms with Gasteiger partial charge in [-0.3, -0.25) is 4.79 Å². The molecule has 0 heterocycles. The smallest absolute Gasteiger partial charge is 0.243 e. The van der Waals surface area contributed by atoms with Gasteiger partial charge in [0.15, 0.2) is 0 Å². The Balaban J connectivity index is 2.31. The number of methoxy groups -OCH3 is 1. The van der Waals surface area contributed by atoms with Crippen LogP contribution in [0.1, 0.15) is 18.1 Å². The van der Waals surface area contributed by atoms with Crippen LogP contribution >= 0.6 is 11.6 Å². The number of benzene rings is 2. The highest BCUT2D eigenvalue weighted by atomic mass is 35.5. The molecule has 0 unspecified atom stereocenters. The lowest BCUT2D eigenvalue weighted by molar-refractivity contribution is -0.122. The van der Waals surface area contributed by atoms with E-state index in [4.69, 9.17) is 16.3 Å². The molecule has 0 aromatic heterocycles.